The number of aromatic amines is 1. The van der Waals surface area contributed by atoms with Crippen molar-refractivity contribution in [2.24, 2.45) is 0 Å². The molecular formula is C21H24N6O2. The average Bonchev–Trinajstić information content (AvgIpc) is 3.22. The van der Waals surface area contributed by atoms with E-state index >= 15 is 0 Å². The Morgan fingerprint density at radius 3 is 2.90 bits per heavy atom. The first kappa shape index (κ1) is 19.4. The average molecular weight is 392 g/mol. The lowest BCUT2D eigenvalue weighted by Gasteiger charge is -2.16. The molecule has 0 radical (unpaired) electrons. The Bertz CT molecular complexity index is 990. The van der Waals surface area contributed by atoms with Gasteiger partial charge in [-0.25, -0.2) is 15.0 Å². The van der Waals surface area contributed by atoms with Crippen LogP contribution in [-0.4, -0.2) is 56.6 Å². The van der Waals surface area contributed by atoms with E-state index in [1.54, 1.807) is 19.5 Å². The van der Waals surface area contributed by atoms with Gasteiger partial charge in [0.15, 0.2) is 0 Å². The van der Waals surface area contributed by atoms with Crippen LogP contribution in [0.3, 0.4) is 0 Å². The van der Waals surface area contributed by atoms with Crippen LogP contribution in [0.15, 0.2) is 47.8 Å². The van der Waals surface area contributed by atoms with Gasteiger partial charge in [-0.1, -0.05) is 0 Å². The Balaban J connectivity index is 1.42. The number of rotatable bonds is 7. The minimum absolute atomic E-state index is 0.132. The summed E-state index contributed by atoms with van der Waals surface area (Å²) in [7, 11) is 1.67. The van der Waals surface area contributed by atoms with Crippen LogP contribution in [0.1, 0.15) is 29.6 Å². The normalized spacial score (nSPS) is 16.9. The van der Waals surface area contributed by atoms with Gasteiger partial charge in [0.1, 0.15) is 11.6 Å². The van der Waals surface area contributed by atoms with E-state index in [0.717, 1.165) is 55.3 Å². The van der Waals surface area contributed by atoms with E-state index in [0.29, 0.717) is 12.3 Å². The number of hydrogen-bond acceptors (Lipinski definition) is 7. The minimum Gasteiger partial charge on any atom is -0.384 e. The lowest BCUT2D eigenvalue weighted by molar-refractivity contribution is 0.200. The highest BCUT2D eigenvalue weighted by atomic mass is 16.5. The predicted octanol–water partition coefficient (Wildman–Crippen LogP) is 1.80. The van der Waals surface area contributed by atoms with Gasteiger partial charge in [-0.2, -0.15) is 0 Å². The van der Waals surface area contributed by atoms with Crippen LogP contribution in [0.4, 0.5) is 0 Å². The molecule has 0 amide bonds. The van der Waals surface area contributed by atoms with E-state index < -0.39 is 0 Å². The molecule has 0 bridgehead atoms. The summed E-state index contributed by atoms with van der Waals surface area (Å²) in [5, 5.41) is 0. The molecule has 0 unspecified atom stereocenters. The monoisotopic (exact) mass is 392 g/mol. The van der Waals surface area contributed by atoms with Crippen molar-refractivity contribution in [3.63, 3.8) is 0 Å². The fourth-order valence-corrected chi connectivity index (χ4v) is 3.58. The molecule has 1 fully saturated rings. The van der Waals surface area contributed by atoms with Crippen LogP contribution in [0.2, 0.25) is 0 Å². The van der Waals surface area contributed by atoms with Crippen molar-refractivity contribution in [3.05, 3.63) is 70.6 Å². The Labute approximate surface area is 169 Å². The number of H-pyrrole nitrogens is 1. The van der Waals surface area contributed by atoms with Gasteiger partial charge >= 0.3 is 0 Å². The van der Waals surface area contributed by atoms with Crippen LogP contribution < -0.4 is 5.56 Å². The molecule has 0 aliphatic carbocycles. The summed E-state index contributed by atoms with van der Waals surface area (Å²) in [5.74, 6) is 1.73. The van der Waals surface area contributed by atoms with Crippen molar-refractivity contribution in [3.8, 4) is 11.3 Å². The van der Waals surface area contributed by atoms with Gasteiger partial charge in [-0.3, -0.25) is 14.7 Å². The topological polar surface area (TPSA) is 96.9 Å². The summed E-state index contributed by atoms with van der Waals surface area (Å²) in [6, 6.07) is 5.28. The maximum absolute atomic E-state index is 12.2. The number of ether oxygens (including phenoxy) is 1. The van der Waals surface area contributed by atoms with Gasteiger partial charge in [0.2, 0.25) is 0 Å². The molecule has 1 aliphatic heterocycles. The summed E-state index contributed by atoms with van der Waals surface area (Å²) in [6.45, 7) is 3.19. The molecule has 3 aromatic heterocycles. The van der Waals surface area contributed by atoms with Crippen LogP contribution in [0.5, 0.6) is 0 Å². The second-order valence-corrected chi connectivity index (χ2v) is 7.23. The van der Waals surface area contributed by atoms with E-state index in [4.69, 9.17) is 9.72 Å². The summed E-state index contributed by atoms with van der Waals surface area (Å²) in [6.07, 6.45) is 8.87. The van der Waals surface area contributed by atoms with Crippen molar-refractivity contribution in [2.45, 2.75) is 25.3 Å². The molecule has 1 aliphatic rings. The van der Waals surface area contributed by atoms with Gasteiger partial charge in [0, 0.05) is 74.5 Å². The zero-order valence-corrected chi connectivity index (χ0v) is 16.4. The molecule has 150 valence electrons. The molecular weight excluding hydrogens is 368 g/mol. The molecule has 4 rings (SSSR count). The Morgan fingerprint density at radius 2 is 2.14 bits per heavy atom. The van der Waals surface area contributed by atoms with Crippen LogP contribution in [0, 0.1) is 0 Å². The number of nitrogens with one attached hydrogen (secondary N) is 1. The fourth-order valence-electron chi connectivity index (χ4n) is 3.58. The molecule has 4 heterocycles. The molecule has 1 saturated heterocycles. The fraction of sp³-hybridized carbons (Fsp3) is 0.381. The number of methoxy groups -OCH3 is 1. The Morgan fingerprint density at radius 1 is 1.28 bits per heavy atom. The first-order chi connectivity index (χ1) is 14.2. The van der Waals surface area contributed by atoms with Gasteiger partial charge in [0.25, 0.3) is 5.56 Å². The molecule has 8 heteroatoms. The van der Waals surface area contributed by atoms with E-state index in [1.807, 2.05) is 24.5 Å². The third-order valence-corrected chi connectivity index (χ3v) is 5.07. The summed E-state index contributed by atoms with van der Waals surface area (Å²) in [4.78, 5) is 35.1. The molecule has 0 aromatic carbocycles. The van der Waals surface area contributed by atoms with Crippen molar-refractivity contribution < 1.29 is 4.74 Å². The van der Waals surface area contributed by atoms with Crippen molar-refractivity contribution in [1.29, 1.82) is 0 Å². The van der Waals surface area contributed by atoms with Crippen molar-refractivity contribution >= 4 is 0 Å². The summed E-state index contributed by atoms with van der Waals surface area (Å²) < 4.78 is 5.06. The highest BCUT2D eigenvalue weighted by Gasteiger charge is 2.26. The van der Waals surface area contributed by atoms with Crippen LogP contribution in [0.25, 0.3) is 11.3 Å². The minimum atomic E-state index is -0.132. The van der Waals surface area contributed by atoms with Gasteiger partial charge in [0.05, 0.1) is 12.3 Å². The van der Waals surface area contributed by atoms with Crippen LogP contribution in [-0.2, 0) is 17.7 Å². The Kier molecular flexibility index (Phi) is 6.02. The number of aromatic nitrogens is 5. The molecule has 0 spiro atoms. The first-order valence-electron chi connectivity index (χ1n) is 9.74. The number of likely N-dealkylation sites (tertiary alicyclic amines) is 1. The number of pyridine rings is 1. The first-order valence-corrected chi connectivity index (χ1v) is 9.74. The highest BCUT2D eigenvalue weighted by molar-refractivity contribution is 5.56. The third-order valence-electron chi connectivity index (χ3n) is 5.07. The summed E-state index contributed by atoms with van der Waals surface area (Å²) >= 11 is 0. The maximum Gasteiger partial charge on any atom is 0.251 e. The molecule has 1 atom stereocenters. The lowest BCUT2D eigenvalue weighted by Crippen LogP contribution is -2.21. The van der Waals surface area contributed by atoms with Crippen molar-refractivity contribution in [1.82, 2.24) is 29.8 Å². The largest absolute Gasteiger partial charge is 0.384 e. The van der Waals surface area contributed by atoms with Gasteiger partial charge in [-0.05, 0) is 25.1 Å². The maximum atomic E-state index is 12.2. The quantitative estimate of drug-likeness (QED) is 0.655. The number of hydrogen-bond donors (Lipinski definition) is 1. The summed E-state index contributed by atoms with van der Waals surface area (Å²) in [5.41, 5.74) is 2.46. The smallest absolute Gasteiger partial charge is 0.251 e. The van der Waals surface area contributed by atoms with Crippen molar-refractivity contribution in [2.75, 3.05) is 26.8 Å². The highest BCUT2D eigenvalue weighted by Crippen LogP contribution is 2.26. The molecule has 3 aromatic rings. The standard InChI is InChI=1S/C21H24N6O2/c1-29-8-5-19-23-10-15(11-24-19)13-27-7-4-17(14-27)21-25-18(9-20(28)26-21)16-3-2-6-22-12-16/h2-3,6,9-12,17H,4-5,7-8,13-14H2,1H3,(H,25,26,28)/t17-/m0/s1. The molecule has 0 saturated carbocycles. The Hall–Kier alpha value is -2.97. The zero-order chi connectivity index (χ0) is 20.1. The van der Waals surface area contributed by atoms with Crippen LogP contribution >= 0.6 is 0 Å². The van der Waals surface area contributed by atoms with Gasteiger partial charge < -0.3 is 9.72 Å². The van der Waals surface area contributed by atoms with E-state index in [1.165, 1.54) is 6.07 Å². The molecule has 8 nitrogen and oxygen atoms in total. The predicted molar refractivity (Wildman–Crippen MR) is 108 cm³/mol. The second kappa shape index (κ2) is 9.02. The molecule has 1 N–H and O–H groups in total. The number of nitrogens with zero attached hydrogens (tertiary/aromatic N) is 5. The van der Waals surface area contributed by atoms with E-state index in [2.05, 4.69) is 24.8 Å². The second-order valence-electron chi connectivity index (χ2n) is 7.23. The van der Waals surface area contributed by atoms with E-state index in [9.17, 15) is 4.79 Å². The lowest BCUT2D eigenvalue weighted by atomic mass is 10.1. The van der Waals surface area contributed by atoms with Gasteiger partial charge in [-0.15, -0.1) is 0 Å². The molecule has 29 heavy (non-hydrogen) atoms. The SMILES string of the molecule is COCCc1ncc(CN2CC[C@H](c3nc(-c4cccnc4)cc(=O)[nH]3)C2)cn1. The van der Waals surface area contributed by atoms with E-state index in [-0.39, 0.29) is 11.5 Å². The zero-order valence-electron chi connectivity index (χ0n) is 16.4. The third kappa shape index (κ3) is 4.90.